The molecule has 0 aromatic heterocycles. The summed E-state index contributed by atoms with van der Waals surface area (Å²) in [6.45, 7) is 6.96. The van der Waals surface area contributed by atoms with E-state index in [1.165, 1.54) is 13.8 Å². The zero-order chi connectivity index (χ0) is 9.72. The summed E-state index contributed by atoms with van der Waals surface area (Å²) in [4.78, 5) is 21.3. The van der Waals surface area contributed by atoms with Gasteiger partial charge in [-0.05, 0) is 13.8 Å². The van der Waals surface area contributed by atoms with Crippen LogP contribution in [-0.2, 0) is 19.1 Å². The number of cyclic esters (lactones) is 2. The van der Waals surface area contributed by atoms with Crippen LogP contribution in [-0.4, -0.2) is 24.1 Å². The third-order valence-corrected chi connectivity index (χ3v) is 1.25. The van der Waals surface area contributed by atoms with Crippen molar-refractivity contribution in [2.24, 2.45) is 0 Å². The van der Waals surface area contributed by atoms with Crippen molar-refractivity contribution in [2.45, 2.75) is 39.9 Å². The van der Waals surface area contributed by atoms with Crippen molar-refractivity contribution in [3.05, 3.63) is 0 Å². The molecule has 1 rings (SSSR count). The highest BCUT2D eigenvalue weighted by Crippen LogP contribution is 2.08. The fourth-order valence-electron chi connectivity index (χ4n) is 0.636. The number of carbonyl (C=O) groups is 2. The normalized spacial score (nSPS) is 28.0. The summed E-state index contributed by atoms with van der Waals surface area (Å²) < 4.78 is 9.19. The molecule has 4 heteroatoms. The summed E-state index contributed by atoms with van der Waals surface area (Å²) in [6.07, 6.45) is -1.49. The maximum atomic E-state index is 10.7. The zero-order valence-electron chi connectivity index (χ0n) is 7.79. The first kappa shape index (κ1) is 10.9. The van der Waals surface area contributed by atoms with Gasteiger partial charge in [0.05, 0.1) is 0 Å². The van der Waals surface area contributed by atoms with E-state index in [0.29, 0.717) is 0 Å². The quantitative estimate of drug-likeness (QED) is 0.512. The van der Waals surface area contributed by atoms with Crippen molar-refractivity contribution < 1.29 is 19.1 Å². The van der Waals surface area contributed by atoms with Gasteiger partial charge in [0.1, 0.15) is 0 Å². The number of carbonyl (C=O) groups excluding carboxylic acids is 2. The number of hydrogen-bond donors (Lipinski definition) is 0. The minimum Gasteiger partial charge on any atom is -0.448 e. The number of rotatable bonds is 0. The molecule has 0 aliphatic carbocycles. The Morgan fingerprint density at radius 2 is 1.17 bits per heavy atom. The molecule has 1 saturated heterocycles. The van der Waals surface area contributed by atoms with Crippen molar-refractivity contribution in [1.29, 1.82) is 0 Å². The van der Waals surface area contributed by atoms with E-state index in [4.69, 9.17) is 0 Å². The molecule has 4 nitrogen and oxygen atoms in total. The van der Waals surface area contributed by atoms with Gasteiger partial charge in [0, 0.05) is 0 Å². The van der Waals surface area contributed by atoms with Crippen LogP contribution in [0.5, 0.6) is 0 Å². The molecule has 0 spiro atoms. The molecular weight excluding hydrogens is 160 g/mol. The Morgan fingerprint density at radius 3 is 1.42 bits per heavy atom. The van der Waals surface area contributed by atoms with Crippen LogP contribution >= 0.6 is 0 Å². The second-order valence-electron chi connectivity index (χ2n) is 2.16. The molecule has 2 unspecified atom stereocenters. The predicted molar refractivity (Wildman–Crippen MR) is 42.5 cm³/mol. The summed E-state index contributed by atoms with van der Waals surface area (Å²) >= 11 is 0. The van der Waals surface area contributed by atoms with Gasteiger partial charge >= 0.3 is 11.9 Å². The minimum absolute atomic E-state index is 0.480. The molecule has 0 aromatic rings. The van der Waals surface area contributed by atoms with Crippen LogP contribution < -0.4 is 0 Å². The Balaban J connectivity index is 0.000000561. The molecule has 0 radical (unpaired) electrons. The third-order valence-electron chi connectivity index (χ3n) is 1.25. The topological polar surface area (TPSA) is 52.6 Å². The maximum absolute atomic E-state index is 10.7. The lowest BCUT2D eigenvalue weighted by molar-refractivity contribution is -0.191. The lowest BCUT2D eigenvalue weighted by atomic mass is 10.3. The monoisotopic (exact) mass is 174 g/mol. The highest BCUT2D eigenvalue weighted by atomic mass is 16.6. The molecule has 1 aliphatic rings. The first-order valence-electron chi connectivity index (χ1n) is 4.02. The molecule has 1 heterocycles. The molecule has 0 amide bonds. The van der Waals surface area contributed by atoms with Gasteiger partial charge in [-0.2, -0.15) is 0 Å². The van der Waals surface area contributed by atoms with E-state index in [0.717, 1.165) is 0 Å². The van der Waals surface area contributed by atoms with Gasteiger partial charge in [0.2, 0.25) is 0 Å². The van der Waals surface area contributed by atoms with Gasteiger partial charge < -0.3 is 9.47 Å². The molecule has 0 bridgehead atoms. The summed E-state index contributed by atoms with van der Waals surface area (Å²) in [5, 5.41) is 0. The minimum atomic E-state index is -0.747. The van der Waals surface area contributed by atoms with Crippen LogP contribution in [0.15, 0.2) is 0 Å². The van der Waals surface area contributed by atoms with Crippen molar-refractivity contribution in [2.75, 3.05) is 0 Å². The van der Waals surface area contributed by atoms with Gasteiger partial charge in [0.15, 0.2) is 12.2 Å². The highest BCUT2D eigenvalue weighted by molar-refractivity contribution is 5.86. The lowest BCUT2D eigenvalue weighted by Crippen LogP contribution is -2.40. The van der Waals surface area contributed by atoms with Crippen molar-refractivity contribution in [3.8, 4) is 0 Å². The van der Waals surface area contributed by atoms with E-state index < -0.39 is 24.1 Å². The summed E-state index contributed by atoms with van der Waals surface area (Å²) in [7, 11) is 0. The molecule has 70 valence electrons. The Bertz CT molecular complexity index is 156. The van der Waals surface area contributed by atoms with Gasteiger partial charge in [-0.25, -0.2) is 9.59 Å². The van der Waals surface area contributed by atoms with Crippen LogP contribution in [0.25, 0.3) is 0 Å². The summed E-state index contributed by atoms with van der Waals surface area (Å²) in [5.74, 6) is -0.959. The lowest BCUT2D eigenvalue weighted by Gasteiger charge is -2.22. The molecular formula is C8H14O4. The summed E-state index contributed by atoms with van der Waals surface area (Å²) in [5.41, 5.74) is 0. The number of hydrogen-bond acceptors (Lipinski definition) is 4. The molecule has 0 saturated carbocycles. The molecule has 0 N–H and O–H groups in total. The predicted octanol–water partition coefficient (Wildman–Crippen LogP) is 0.890. The molecule has 1 aliphatic heterocycles. The average Bonchev–Trinajstić information content (AvgIpc) is 2.05. The first-order valence-corrected chi connectivity index (χ1v) is 4.02. The van der Waals surface area contributed by atoms with Crippen molar-refractivity contribution in [3.63, 3.8) is 0 Å². The average molecular weight is 174 g/mol. The van der Waals surface area contributed by atoms with E-state index in [1.54, 1.807) is 0 Å². The van der Waals surface area contributed by atoms with Crippen LogP contribution in [0.2, 0.25) is 0 Å². The van der Waals surface area contributed by atoms with Crippen LogP contribution in [0, 0.1) is 0 Å². The second-order valence-corrected chi connectivity index (χ2v) is 2.16. The Hall–Kier alpha value is -1.06. The van der Waals surface area contributed by atoms with E-state index >= 15 is 0 Å². The maximum Gasteiger partial charge on any atom is 0.347 e. The molecule has 2 atom stereocenters. The number of esters is 2. The summed E-state index contributed by atoms with van der Waals surface area (Å²) in [6, 6.07) is 0. The smallest absolute Gasteiger partial charge is 0.347 e. The fraction of sp³-hybridized carbons (Fsp3) is 0.750. The number of ether oxygens (including phenoxy) is 2. The standard InChI is InChI=1S/C6H8O4.C2H6/c1-3-5(7)10-4(2)6(8)9-3;1-2/h3-4H,1-2H3;1-2H3. The van der Waals surface area contributed by atoms with Crippen LogP contribution in [0.4, 0.5) is 0 Å². The van der Waals surface area contributed by atoms with Crippen LogP contribution in [0.1, 0.15) is 27.7 Å². The largest absolute Gasteiger partial charge is 0.448 e. The van der Waals surface area contributed by atoms with Gasteiger partial charge in [-0.1, -0.05) is 13.8 Å². The van der Waals surface area contributed by atoms with Crippen LogP contribution in [0.3, 0.4) is 0 Å². The van der Waals surface area contributed by atoms with Gasteiger partial charge in [0.25, 0.3) is 0 Å². The van der Waals surface area contributed by atoms with E-state index in [9.17, 15) is 9.59 Å². The van der Waals surface area contributed by atoms with E-state index in [1.807, 2.05) is 13.8 Å². The zero-order valence-corrected chi connectivity index (χ0v) is 7.79. The van der Waals surface area contributed by atoms with E-state index in [-0.39, 0.29) is 0 Å². The molecule has 0 aromatic carbocycles. The van der Waals surface area contributed by atoms with E-state index in [2.05, 4.69) is 9.47 Å². The first-order chi connectivity index (χ1) is 5.61. The Labute approximate surface area is 71.8 Å². The SMILES string of the molecule is CC.CC1OC(=O)C(C)OC1=O. The Morgan fingerprint density at radius 1 is 0.917 bits per heavy atom. The van der Waals surface area contributed by atoms with Gasteiger partial charge in [-0.3, -0.25) is 0 Å². The second kappa shape index (κ2) is 4.74. The molecule has 12 heavy (non-hydrogen) atoms. The highest BCUT2D eigenvalue weighted by Gasteiger charge is 2.32. The van der Waals surface area contributed by atoms with Gasteiger partial charge in [-0.15, -0.1) is 0 Å². The molecule has 1 fully saturated rings. The van der Waals surface area contributed by atoms with Crippen molar-refractivity contribution in [1.82, 2.24) is 0 Å². The Kier molecular flexibility index (Phi) is 4.33. The fourth-order valence-corrected chi connectivity index (χ4v) is 0.636. The van der Waals surface area contributed by atoms with Crippen molar-refractivity contribution >= 4 is 11.9 Å². The third kappa shape index (κ3) is 2.53.